The normalized spacial score (nSPS) is 15.0. The summed E-state index contributed by atoms with van der Waals surface area (Å²) in [5, 5.41) is 7.40. The Bertz CT molecular complexity index is 882. The van der Waals surface area contributed by atoms with Gasteiger partial charge in [-0.05, 0) is 36.6 Å². The zero-order valence-corrected chi connectivity index (χ0v) is 13.1. The average Bonchev–Trinajstić information content (AvgIpc) is 3.23. The molecule has 122 valence electrons. The fraction of sp³-hybridized carbons (Fsp3) is 0.278. The molecule has 1 aliphatic rings. The van der Waals surface area contributed by atoms with E-state index in [0.717, 1.165) is 31.2 Å². The second-order valence-electron chi connectivity index (χ2n) is 6.09. The van der Waals surface area contributed by atoms with Crippen LogP contribution in [0.15, 0.2) is 42.7 Å². The Hall–Kier alpha value is -2.76. The molecule has 6 heteroatoms. The van der Waals surface area contributed by atoms with Gasteiger partial charge in [0.15, 0.2) is 11.5 Å². The average molecular weight is 324 g/mol. The molecule has 3 aromatic rings. The summed E-state index contributed by atoms with van der Waals surface area (Å²) in [6, 6.07) is 7.91. The van der Waals surface area contributed by atoms with Crippen molar-refractivity contribution in [3.05, 3.63) is 48.5 Å². The van der Waals surface area contributed by atoms with E-state index in [4.69, 9.17) is 0 Å². The summed E-state index contributed by atoms with van der Waals surface area (Å²) in [4.78, 5) is 16.8. The lowest BCUT2D eigenvalue weighted by atomic mass is 10.1. The van der Waals surface area contributed by atoms with Crippen molar-refractivity contribution >= 4 is 17.4 Å². The van der Waals surface area contributed by atoms with E-state index in [1.165, 1.54) is 12.1 Å². The Labute approximate surface area is 138 Å². The third-order valence-electron chi connectivity index (χ3n) is 4.50. The minimum Gasteiger partial charge on any atom is -0.308 e. The minimum absolute atomic E-state index is 0.000678. The number of rotatable bonds is 3. The summed E-state index contributed by atoms with van der Waals surface area (Å²) >= 11 is 0. The lowest BCUT2D eigenvalue weighted by Crippen LogP contribution is -2.20. The van der Waals surface area contributed by atoms with Crippen molar-refractivity contribution in [3.63, 3.8) is 0 Å². The summed E-state index contributed by atoms with van der Waals surface area (Å²) in [6.07, 6.45) is 7.48. The van der Waals surface area contributed by atoms with Crippen molar-refractivity contribution in [2.75, 3.05) is 5.32 Å². The molecule has 2 heterocycles. The van der Waals surface area contributed by atoms with Gasteiger partial charge in [0, 0.05) is 18.3 Å². The maximum absolute atomic E-state index is 13.3. The molecule has 0 saturated heterocycles. The Kier molecular flexibility index (Phi) is 3.72. The molecule has 5 nitrogen and oxygen atoms in total. The van der Waals surface area contributed by atoms with Crippen LogP contribution in [0.25, 0.3) is 16.8 Å². The van der Waals surface area contributed by atoms with Gasteiger partial charge in [0.05, 0.1) is 5.56 Å². The molecular formula is C18H17FN4O. The summed E-state index contributed by atoms with van der Waals surface area (Å²) in [6.45, 7) is 0. The number of hydrogen-bond donors (Lipinski definition) is 1. The Morgan fingerprint density at radius 1 is 1.21 bits per heavy atom. The SMILES string of the molecule is O=C(Nc1nn2cccnc2c1-c1ccc(F)cc1)C1CCCC1. The van der Waals surface area contributed by atoms with Gasteiger partial charge in [0.25, 0.3) is 0 Å². The second kappa shape index (κ2) is 6.03. The molecule has 0 atom stereocenters. The fourth-order valence-electron chi connectivity index (χ4n) is 3.26. The number of anilines is 1. The molecule has 1 saturated carbocycles. The Morgan fingerprint density at radius 2 is 1.96 bits per heavy atom. The van der Waals surface area contributed by atoms with E-state index >= 15 is 0 Å². The molecule has 1 aliphatic carbocycles. The largest absolute Gasteiger partial charge is 0.308 e. The highest BCUT2D eigenvalue weighted by molar-refractivity contribution is 5.98. The first-order chi connectivity index (χ1) is 11.7. The molecule has 0 aliphatic heterocycles. The van der Waals surface area contributed by atoms with Gasteiger partial charge in [-0.2, -0.15) is 0 Å². The molecule has 1 N–H and O–H groups in total. The zero-order valence-electron chi connectivity index (χ0n) is 13.1. The number of amides is 1. The number of carbonyl (C=O) groups excluding carboxylic acids is 1. The van der Waals surface area contributed by atoms with Crippen LogP contribution < -0.4 is 5.32 Å². The zero-order chi connectivity index (χ0) is 16.5. The summed E-state index contributed by atoms with van der Waals surface area (Å²) in [5.41, 5.74) is 2.11. The molecule has 0 bridgehead atoms. The molecule has 0 unspecified atom stereocenters. The molecule has 1 amide bonds. The number of aromatic nitrogens is 3. The first-order valence-corrected chi connectivity index (χ1v) is 8.12. The lowest BCUT2D eigenvalue weighted by molar-refractivity contribution is -0.119. The molecule has 2 aromatic heterocycles. The van der Waals surface area contributed by atoms with Gasteiger partial charge < -0.3 is 5.32 Å². The van der Waals surface area contributed by atoms with Crippen LogP contribution in [0.1, 0.15) is 25.7 Å². The fourth-order valence-corrected chi connectivity index (χ4v) is 3.26. The maximum Gasteiger partial charge on any atom is 0.228 e. The second-order valence-corrected chi connectivity index (χ2v) is 6.09. The molecule has 0 spiro atoms. The highest BCUT2D eigenvalue weighted by Crippen LogP contribution is 2.32. The van der Waals surface area contributed by atoms with E-state index in [1.807, 2.05) is 0 Å². The van der Waals surface area contributed by atoms with Crippen LogP contribution in [-0.4, -0.2) is 20.5 Å². The Balaban J connectivity index is 1.77. The van der Waals surface area contributed by atoms with Crippen LogP contribution >= 0.6 is 0 Å². The molecule has 1 aromatic carbocycles. The van der Waals surface area contributed by atoms with Gasteiger partial charge in [-0.1, -0.05) is 25.0 Å². The van der Waals surface area contributed by atoms with Gasteiger partial charge in [-0.3, -0.25) is 4.79 Å². The highest BCUT2D eigenvalue weighted by atomic mass is 19.1. The Morgan fingerprint density at radius 3 is 2.71 bits per heavy atom. The number of nitrogens with one attached hydrogen (secondary N) is 1. The van der Waals surface area contributed by atoms with E-state index in [9.17, 15) is 9.18 Å². The molecule has 4 rings (SSSR count). The van der Waals surface area contributed by atoms with Gasteiger partial charge in [-0.25, -0.2) is 13.9 Å². The van der Waals surface area contributed by atoms with Gasteiger partial charge in [0.2, 0.25) is 5.91 Å². The highest BCUT2D eigenvalue weighted by Gasteiger charge is 2.25. The van der Waals surface area contributed by atoms with Gasteiger partial charge in [0.1, 0.15) is 5.82 Å². The topological polar surface area (TPSA) is 59.3 Å². The molecule has 24 heavy (non-hydrogen) atoms. The predicted molar refractivity (Wildman–Crippen MR) is 89.0 cm³/mol. The number of halogens is 1. The van der Waals surface area contributed by atoms with E-state index in [-0.39, 0.29) is 17.6 Å². The third kappa shape index (κ3) is 2.64. The van der Waals surface area contributed by atoms with E-state index < -0.39 is 0 Å². The summed E-state index contributed by atoms with van der Waals surface area (Å²) in [5.74, 6) is 0.208. The van der Waals surface area contributed by atoms with Crippen LogP contribution in [-0.2, 0) is 4.79 Å². The number of hydrogen-bond acceptors (Lipinski definition) is 3. The van der Waals surface area contributed by atoms with E-state index in [2.05, 4.69) is 15.4 Å². The quantitative estimate of drug-likeness (QED) is 0.800. The maximum atomic E-state index is 13.3. The first-order valence-electron chi connectivity index (χ1n) is 8.12. The van der Waals surface area contributed by atoms with Crippen LogP contribution in [0.4, 0.5) is 10.2 Å². The van der Waals surface area contributed by atoms with E-state index in [0.29, 0.717) is 17.0 Å². The van der Waals surface area contributed by atoms with Crippen LogP contribution in [0.2, 0.25) is 0 Å². The van der Waals surface area contributed by atoms with Crippen molar-refractivity contribution in [2.24, 2.45) is 5.92 Å². The van der Waals surface area contributed by atoms with Crippen molar-refractivity contribution < 1.29 is 9.18 Å². The molecule has 0 radical (unpaired) electrons. The predicted octanol–water partition coefficient (Wildman–Crippen LogP) is 3.66. The van der Waals surface area contributed by atoms with Crippen molar-refractivity contribution in [1.29, 1.82) is 0 Å². The number of benzene rings is 1. The van der Waals surface area contributed by atoms with Crippen molar-refractivity contribution in [1.82, 2.24) is 14.6 Å². The number of nitrogens with zero attached hydrogens (tertiary/aromatic N) is 3. The lowest BCUT2D eigenvalue weighted by Gasteiger charge is -2.09. The standard InChI is InChI=1S/C18H17FN4O/c19-14-8-6-12(7-9-14)15-16(21-18(24)13-4-1-2-5-13)22-23-11-3-10-20-17(15)23/h3,6-11,13H,1-2,4-5H2,(H,21,22,24). The summed E-state index contributed by atoms with van der Waals surface area (Å²) in [7, 11) is 0. The van der Waals surface area contributed by atoms with Crippen molar-refractivity contribution in [2.45, 2.75) is 25.7 Å². The molecular weight excluding hydrogens is 307 g/mol. The monoisotopic (exact) mass is 324 g/mol. The van der Waals surface area contributed by atoms with Crippen LogP contribution in [0.5, 0.6) is 0 Å². The summed E-state index contributed by atoms with van der Waals surface area (Å²) < 4.78 is 14.9. The van der Waals surface area contributed by atoms with E-state index in [1.54, 1.807) is 35.1 Å². The van der Waals surface area contributed by atoms with Gasteiger partial charge in [-0.15, -0.1) is 5.10 Å². The third-order valence-corrected chi connectivity index (χ3v) is 4.50. The number of fused-ring (bicyclic) bond motifs is 1. The molecule has 1 fully saturated rings. The smallest absolute Gasteiger partial charge is 0.228 e. The van der Waals surface area contributed by atoms with Crippen molar-refractivity contribution in [3.8, 4) is 11.1 Å². The van der Waals surface area contributed by atoms with Gasteiger partial charge >= 0.3 is 0 Å². The van der Waals surface area contributed by atoms with Crippen LogP contribution in [0.3, 0.4) is 0 Å². The minimum atomic E-state index is -0.306. The van der Waals surface area contributed by atoms with Crippen LogP contribution in [0, 0.1) is 11.7 Å². The number of carbonyl (C=O) groups is 1. The first kappa shape index (κ1) is 14.8.